The quantitative estimate of drug-likeness (QED) is 0.324. The molecule has 0 radical (unpaired) electrons. The lowest BCUT2D eigenvalue weighted by Gasteiger charge is -2.08. The van der Waals surface area contributed by atoms with Crippen LogP contribution in [-0.2, 0) is 25.6 Å². The molecule has 36 heavy (non-hydrogen) atoms. The standard InChI is InChI=1S/C25H33N5O5S/c1-4-7-11-34-12-13-35-17-22(31)29-19-10-8-9-18(14-19)28-16-21-24(33)30(6-3)25(36-21)20(15-26)23(32)27-5-2/h8-10,14,16,28H,4-7,11-13,17H2,1-3H3,(H,27,32)(H,29,31)/b21-16+,25-20-. The van der Waals surface area contributed by atoms with Crippen LogP contribution in [0.5, 0.6) is 0 Å². The van der Waals surface area contributed by atoms with Gasteiger partial charge in [0.25, 0.3) is 11.5 Å². The summed E-state index contributed by atoms with van der Waals surface area (Å²) in [5.41, 5.74) is 0.807. The van der Waals surface area contributed by atoms with Crippen molar-refractivity contribution in [1.29, 1.82) is 5.26 Å². The smallest absolute Gasteiger partial charge is 0.270 e. The van der Waals surface area contributed by atoms with Gasteiger partial charge in [0.15, 0.2) is 5.57 Å². The van der Waals surface area contributed by atoms with Gasteiger partial charge in [0.2, 0.25) is 5.91 Å². The van der Waals surface area contributed by atoms with Gasteiger partial charge in [0.1, 0.15) is 21.9 Å². The average molecular weight is 516 g/mol. The number of amides is 2. The number of anilines is 2. The van der Waals surface area contributed by atoms with Crippen molar-refractivity contribution in [2.75, 3.05) is 43.6 Å². The van der Waals surface area contributed by atoms with Crippen LogP contribution in [0.25, 0.3) is 11.8 Å². The summed E-state index contributed by atoms with van der Waals surface area (Å²) >= 11 is 1.06. The molecule has 194 valence electrons. The number of rotatable bonds is 14. The number of ether oxygens (including phenoxy) is 2. The number of carbonyl (C=O) groups is 2. The van der Waals surface area contributed by atoms with Crippen LogP contribution < -0.4 is 30.7 Å². The van der Waals surface area contributed by atoms with Crippen LogP contribution in [0.4, 0.5) is 11.4 Å². The Hall–Kier alpha value is -3.46. The van der Waals surface area contributed by atoms with E-state index in [1.54, 1.807) is 38.1 Å². The van der Waals surface area contributed by atoms with Crippen molar-refractivity contribution in [3.8, 4) is 6.07 Å². The summed E-state index contributed by atoms with van der Waals surface area (Å²) in [6.07, 6.45) is 3.59. The van der Waals surface area contributed by atoms with E-state index in [1.165, 1.54) is 10.8 Å². The third-order valence-corrected chi connectivity index (χ3v) is 6.01. The van der Waals surface area contributed by atoms with E-state index in [0.29, 0.717) is 53.5 Å². The average Bonchev–Trinajstić information content (AvgIpc) is 3.17. The van der Waals surface area contributed by atoms with E-state index in [2.05, 4.69) is 22.9 Å². The first kappa shape index (κ1) is 28.8. The third-order valence-electron chi connectivity index (χ3n) is 4.88. The second-order valence-corrected chi connectivity index (χ2v) is 8.63. The van der Waals surface area contributed by atoms with Crippen LogP contribution in [0.2, 0.25) is 0 Å². The maximum absolute atomic E-state index is 12.8. The van der Waals surface area contributed by atoms with Crippen LogP contribution in [0.15, 0.2) is 29.1 Å². The molecule has 0 fully saturated rings. The molecule has 0 spiro atoms. The maximum atomic E-state index is 12.8. The lowest BCUT2D eigenvalue weighted by atomic mass is 10.2. The van der Waals surface area contributed by atoms with Crippen molar-refractivity contribution in [3.05, 3.63) is 43.8 Å². The maximum Gasteiger partial charge on any atom is 0.270 e. The molecule has 0 saturated heterocycles. The molecule has 0 bridgehead atoms. The van der Waals surface area contributed by atoms with Gasteiger partial charge in [0, 0.05) is 37.3 Å². The number of nitriles is 1. The zero-order chi connectivity index (χ0) is 26.3. The predicted octanol–water partition coefficient (Wildman–Crippen LogP) is 1.36. The minimum absolute atomic E-state index is 0.0845. The first-order chi connectivity index (χ1) is 17.4. The Labute approximate surface area is 214 Å². The summed E-state index contributed by atoms with van der Waals surface area (Å²) in [5, 5.41) is 17.9. The van der Waals surface area contributed by atoms with E-state index in [1.807, 2.05) is 6.07 Å². The number of nitrogens with zero attached hydrogens (tertiary/aromatic N) is 2. The fraction of sp³-hybridized carbons (Fsp3) is 0.440. The zero-order valence-electron chi connectivity index (χ0n) is 20.9. The fourth-order valence-corrected chi connectivity index (χ4v) is 4.19. The largest absolute Gasteiger partial charge is 0.379 e. The van der Waals surface area contributed by atoms with Gasteiger partial charge >= 0.3 is 0 Å². The summed E-state index contributed by atoms with van der Waals surface area (Å²) in [6.45, 7) is 7.71. The molecular formula is C25H33N5O5S. The van der Waals surface area contributed by atoms with Crippen LogP contribution in [0.3, 0.4) is 0 Å². The Balaban J connectivity index is 2.09. The zero-order valence-corrected chi connectivity index (χ0v) is 21.7. The van der Waals surface area contributed by atoms with Crippen LogP contribution >= 0.6 is 11.3 Å². The molecule has 1 aromatic carbocycles. The van der Waals surface area contributed by atoms with E-state index in [0.717, 1.165) is 24.2 Å². The summed E-state index contributed by atoms with van der Waals surface area (Å²) in [4.78, 5) is 37.2. The highest BCUT2D eigenvalue weighted by atomic mass is 32.1. The van der Waals surface area contributed by atoms with Crippen molar-refractivity contribution >= 4 is 46.3 Å². The normalized spacial score (nSPS) is 12.1. The number of thiazole rings is 1. The third kappa shape index (κ3) is 8.64. The van der Waals surface area contributed by atoms with E-state index in [-0.39, 0.29) is 23.6 Å². The molecule has 0 atom stereocenters. The van der Waals surface area contributed by atoms with Crippen LogP contribution in [0, 0.1) is 11.3 Å². The van der Waals surface area contributed by atoms with Crippen molar-refractivity contribution in [3.63, 3.8) is 0 Å². The summed E-state index contributed by atoms with van der Waals surface area (Å²) < 4.78 is 12.8. The molecular weight excluding hydrogens is 482 g/mol. The molecule has 1 aromatic heterocycles. The number of benzene rings is 1. The molecule has 10 nitrogen and oxygen atoms in total. The SMILES string of the molecule is CCCCOCCOCC(=O)Nc1cccc(N/C=c2/s/c(=C(/C#N)C(=O)NCC)n(CC)c2=O)c1. The Bertz CT molecular complexity index is 1240. The molecule has 2 rings (SSSR count). The molecule has 0 aliphatic heterocycles. The number of hydrogen-bond acceptors (Lipinski definition) is 8. The molecule has 0 aliphatic rings. The first-order valence-electron chi connectivity index (χ1n) is 11.9. The monoisotopic (exact) mass is 515 g/mol. The lowest BCUT2D eigenvalue weighted by molar-refractivity contribution is -0.121. The predicted molar refractivity (Wildman–Crippen MR) is 141 cm³/mol. The molecule has 0 saturated carbocycles. The molecule has 2 amide bonds. The van der Waals surface area contributed by atoms with Crippen LogP contribution in [0.1, 0.15) is 33.6 Å². The van der Waals surface area contributed by atoms with Gasteiger partial charge in [-0.3, -0.25) is 19.0 Å². The van der Waals surface area contributed by atoms with Gasteiger partial charge in [-0.2, -0.15) is 5.26 Å². The molecule has 0 aliphatic carbocycles. The van der Waals surface area contributed by atoms with E-state index in [4.69, 9.17) is 9.47 Å². The Morgan fingerprint density at radius 3 is 2.58 bits per heavy atom. The Morgan fingerprint density at radius 1 is 1.14 bits per heavy atom. The second-order valence-electron chi connectivity index (χ2n) is 7.60. The van der Waals surface area contributed by atoms with Gasteiger partial charge in [-0.15, -0.1) is 11.3 Å². The molecule has 2 aromatic rings. The van der Waals surface area contributed by atoms with E-state index < -0.39 is 5.91 Å². The molecule has 1 heterocycles. The Morgan fingerprint density at radius 2 is 1.89 bits per heavy atom. The highest BCUT2D eigenvalue weighted by Crippen LogP contribution is 2.15. The number of carbonyl (C=O) groups excluding carboxylic acids is 2. The Kier molecular flexibility index (Phi) is 12.4. The minimum atomic E-state index is -0.514. The second kappa shape index (κ2) is 15.5. The number of nitrogens with one attached hydrogen (secondary N) is 3. The first-order valence-corrected chi connectivity index (χ1v) is 12.7. The highest BCUT2D eigenvalue weighted by molar-refractivity contribution is 7.07. The van der Waals surface area contributed by atoms with Gasteiger partial charge in [-0.05, 0) is 38.5 Å². The number of unbranched alkanes of at least 4 members (excludes halogenated alkanes) is 1. The number of aromatic nitrogens is 1. The van der Waals surface area contributed by atoms with Crippen molar-refractivity contribution in [1.82, 2.24) is 9.88 Å². The van der Waals surface area contributed by atoms with E-state index >= 15 is 0 Å². The molecule has 0 unspecified atom stereocenters. The highest BCUT2D eigenvalue weighted by Gasteiger charge is 2.14. The van der Waals surface area contributed by atoms with Gasteiger partial charge in [0.05, 0.1) is 13.2 Å². The molecule has 3 N–H and O–H groups in total. The minimum Gasteiger partial charge on any atom is -0.379 e. The fourth-order valence-electron chi connectivity index (χ4n) is 3.10. The van der Waals surface area contributed by atoms with E-state index in [9.17, 15) is 19.6 Å². The van der Waals surface area contributed by atoms with Crippen LogP contribution in [-0.4, -0.2) is 49.4 Å². The summed E-state index contributed by atoms with van der Waals surface area (Å²) in [7, 11) is 0. The molecule has 11 heteroatoms. The van der Waals surface area contributed by atoms with Crippen molar-refractivity contribution in [2.45, 2.75) is 40.2 Å². The van der Waals surface area contributed by atoms with Crippen molar-refractivity contribution < 1.29 is 19.1 Å². The summed E-state index contributed by atoms with van der Waals surface area (Å²) in [6, 6.07) is 8.91. The number of hydrogen-bond donors (Lipinski definition) is 3. The topological polar surface area (TPSA) is 134 Å². The lowest BCUT2D eigenvalue weighted by Crippen LogP contribution is -2.34. The van der Waals surface area contributed by atoms with Gasteiger partial charge in [-0.25, -0.2) is 0 Å². The van der Waals surface area contributed by atoms with Gasteiger partial charge in [-0.1, -0.05) is 19.4 Å². The van der Waals surface area contributed by atoms with Gasteiger partial charge < -0.3 is 25.4 Å². The summed E-state index contributed by atoms with van der Waals surface area (Å²) in [5.74, 6) is -0.803. The van der Waals surface area contributed by atoms with Crippen molar-refractivity contribution in [2.24, 2.45) is 0 Å².